The first-order chi connectivity index (χ1) is 10.7. The van der Waals surface area contributed by atoms with Crippen LogP contribution in [0.4, 0.5) is 0 Å². The molecular weight excluding hydrogens is 280 g/mol. The molecule has 1 heterocycles. The van der Waals surface area contributed by atoms with Crippen molar-refractivity contribution in [1.82, 2.24) is 10.2 Å². The van der Waals surface area contributed by atoms with Gasteiger partial charge in [0.2, 0.25) is 0 Å². The molecule has 3 aromatic rings. The number of hydrogen-bond acceptors (Lipinski definition) is 4. The second kappa shape index (κ2) is 5.81. The standard InChI is InChI=1S/C17H16N2O3/c1-2-11-5-3-4-6-15(11)22-16-10-18-19-17(16)13-8-7-12(20)9-14(13)21/h3-10,20-21H,2H2,1H3,(H,18,19). The smallest absolute Gasteiger partial charge is 0.173 e. The van der Waals surface area contributed by atoms with Crippen LogP contribution < -0.4 is 4.74 Å². The third-order valence-corrected chi connectivity index (χ3v) is 3.43. The summed E-state index contributed by atoms with van der Waals surface area (Å²) in [5.74, 6) is 1.23. The van der Waals surface area contributed by atoms with E-state index in [0.29, 0.717) is 17.0 Å². The quantitative estimate of drug-likeness (QED) is 0.683. The van der Waals surface area contributed by atoms with Gasteiger partial charge in [0.1, 0.15) is 22.9 Å². The second-order valence-corrected chi connectivity index (χ2v) is 4.87. The lowest BCUT2D eigenvalue weighted by Gasteiger charge is -2.10. The zero-order valence-electron chi connectivity index (χ0n) is 12.1. The van der Waals surface area contributed by atoms with Gasteiger partial charge in [-0.3, -0.25) is 5.10 Å². The highest BCUT2D eigenvalue weighted by atomic mass is 16.5. The van der Waals surface area contributed by atoms with Crippen LogP contribution in [0.2, 0.25) is 0 Å². The lowest BCUT2D eigenvalue weighted by Crippen LogP contribution is -1.91. The molecular formula is C17H16N2O3. The highest BCUT2D eigenvalue weighted by Gasteiger charge is 2.15. The molecule has 0 fully saturated rings. The van der Waals surface area contributed by atoms with Gasteiger partial charge in [-0.05, 0) is 30.2 Å². The number of nitrogens with zero attached hydrogens (tertiary/aromatic N) is 1. The van der Waals surface area contributed by atoms with E-state index in [-0.39, 0.29) is 11.5 Å². The Morgan fingerprint density at radius 2 is 1.91 bits per heavy atom. The fourth-order valence-corrected chi connectivity index (χ4v) is 2.29. The molecule has 5 nitrogen and oxygen atoms in total. The first-order valence-corrected chi connectivity index (χ1v) is 7.00. The molecule has 0 saturated heterocycles. The van der Waals surface area contributed by atoms with E-state index >= 15 is 0 Å². The number of phenolic OH excluding ortho intramolecular Hbond substituents is 2. The number of aromatic nitrogens is 2. The average molecular weight is 296 g/mol. The molecule has 0 atom stereocenters. The Morgan fingerprint density at radius 1 is 1.09 bits per heavy atom. The van der Waals surface area contributed by atoms with E-state index in [0.717, 1.165) is 17.7 Å². The molecule has 22 heavy (non-hydrogen) atoms. The molecule has 0 aliphatic rings. The van der Waals surface area contributed by atoms with Gasteiger partial charge in [-0.25, -0.2) is 0 Å². The third kappa shape index (κ3) is 2.61. The SMILES string of the molecule is CCc1ccccc1Oc1cn[nH]c1-c1ccc(O)cc1O. The molecule has 0 spiro atoms. The fraction of sp³-hybridized carbons (Fsp3) is 0.118. The molecule has 0 saturated carbocycles. The topological polar surface area (TPSA) is 78.4 Å². The number of H-pyrrole nitrogens is 1. The summed E-state index contributed by atoms with van der Waals surface area (Å²) in [5, 5.41) is 26.2. The number of hydrogen-bond donors (Lipinski definition) is 3. The van der Waals surface area contributed by atoms with E-state index in [4.69, 9.17) is 4.74 Å². The fourth-order valence-electron chi connectivity index (χ4n) is 2.29. The molecule has 3 N–H and O–H groups in total. The molecule has 0 bridgehead atoms. The van der Waals surface area contributed by atoms with Crippen molar-refractivity contribution in [2.75, 3.05) is 0 Å². The highest BCUT2D eigenvalue weighted by molar-refractivity contribution is 5.73. The first kappa shape index (κ1) is 14.0. The van der Waals surface area contributed by atoms with Crippen molar-refractivity contribution in [3.05, 3.63) is 54.2 Å². The predicted octanol–water partition coefficient (Wildman–Crippen LogP) is 3.84. The van der Waals surface area contributed by atoms with Crippen molar-refractivity contribution in [2.45, 2.75) is 13.3 Å². The zero-order valence-corrected chi connectivity index (χ0v) is 12.1. The Morgan fingerprint density at radius 3 is 2.68 bits per heavy atom. The number of aromatic hydroxyl groups is 2. The molecule has 0 aliphatic heterocycles. The summed E-state index contributed by atoms with van der Waals surface area (Å²) in [6, 6.07) is 12.2. The normalized spacial score (nSPS) is 10.6. The summed E-state index contributed by atoms with van der Waals surface area (Å²) in [5.41, 5.74) is 2.16. The molecule has 0 aliphatic carbocycles. The van der Waals surface area contributed by atoms with Crippen molar-refractivity contribution < 1.29 is 14.9 Å². The maximum atomic E-state index is 9.99. The van der Waals surface area contributed by atoms with Crippen molar-refractivity contribution in [1.29, 1.82) is 0 Å². The van der Waals surface area contributed by atoms with Crippen LogP contribution in [0.25, 0.3) is 11.3 Å². The number of rotatable bonds is 4. The second-order valence-electron chi connectivity index (χ2n) is 4.87. The number of phenols is 2. The lowest BCUT2D eigenvalue weighted by atomic mass is 10.1. The molecule has 0 radical (unpaired) electrons. The van der Waals surface area contributed by atoms with Crippen LogP contribution in [-0.2, 0) is 6.42 Å². The number of nitrogens with one attached hydrogen (secondary N) is 1. The minimum absolute atomic E-state index is 0.000405. The molecule has 2 aromatic carbocycles. The van der Waals surface area contributed by atoms with Crippen molar-refractivity contribution in [2.24, 2.45) is 0 Å². The van der Waals surface area contributed by atoms with E-state index in [1.54, 1.807) is 12.3 Å². The lowest BCUT2D eigenvalue weighted by molar-refractivity contribution is 0.450. The Balaban J connectivity index is 1.99. The van der Waals surface area contributed by atoms with Gasteiger partial charge in [-0.2, -0.15) is 5.10 Å². The van der Waals surface area contributed by atoms with Crippen LogP contribution in [-0.4, -0.2) is 20.4 Å². The molecule has 0 amide bonds. The molecule has 0 unspecified atom stereocenters. The Kier molecular flexibility index (Phi) is 3.70. The van der Waals surface area contributed by atoms with Crippen LogP contribution >= 0.6 is 0 Å². The van der Waals surface area contributed by atoms with Crippen molar-refractivity contribution in [3.63, 3.8) is 0 Å². The summed E-state index contributed by atoms with van der Waals surface area (Å²) in [4.78, 5) is 0. The summed E-state index contributed by atoms with van der Waals surface area (Å²) >= 11 is 0. The number of aryl methyl sites for hydroxylation is 1. The largest absolute Gasteiger partial charge is 0.508 e. The molecule has 1 aromatic heterocycles. The van der Waals surface area contributed by atoms with Crippen LogP contribution in [0.15, 0.2) is 48.7 Å². The van der Waals surface area contributed by atoms with Crippen LogP contribution in [0.3, 0.4) is 0 Å². The molecule has 5 heteroatoms. The van der Waals surface area contributed by atoms with E-state index < -0.39 is 0 Å². The number of aromatic amines is 1. The van der Waals surface area contributed by atoms with Gasteiger partial charge in [0.25, 0.3) is 0 Å². The minimum atomic E-state index is -0.0436. The minimum Gasteiger partial charge on any atom is -0.508 e. The van der Waals surface area contributed by atoms with Crippen molar-refractivity contribution in [3.8, 4) is 34.3 Å². The highest BCUT2D eigenvalue weighted by Crippen LogP contribution is 2.38. The van der Waals surface area contributed by atoms with Gasteiger partial charge in [0.15, 0.2) is 5.75 Å². The van der Waals surface area contributed by atoms with Gasteiger partial charge in [0, 0.05) is 11.6 Å². The summed E-state index contributed by atoms with van der Waals surface area (Å²) in [6.07, 6.45) is 2.42. The maximum absolute atomic E-state index is 9.99. The number of benzene rings is 2. The van der Waals surface area contributed by atoms with Gasteiger partial charge in [-0.1, -0.05) is 25.1 Å². The zero-order chi connectivity index (χ0) is 15.5. The third-order valence-electron chi connectivity index (χ3n) is 3.43. The van der Waals surface area contributed by atoms with Gasteiger partial charge in [-0.15, -0.1) is 0 Å². The Hall–Kier alpha value is -2.95. The van der Waals surface area contributed by atoms with E-state index in [1.807, 2.05) is 24.3 Å². The monoisotopic (exact) mass is 296 g/mol. The summed E-state index contributed by atoms with van der Waals surface area (Å²) < 4.78 is 5.94. The van der Waals surface area contributed by atoms with Crippen LogP contribution in [0, 0.1) is 0 Å². The number of para-hydroxylation sites is 1. The van der Waals surface area contributed by atoms with E-state index in [2.05, 4.69) is 17.1 Å². The summed E-state index contributed by atoms with van der Waals surface area (Å²) in [7, 11) is 0. The first-order valence-electron chi connectivity index (χ1n) is 7.00. The van der Waals surface area contributed by atoms with Crippen LogP contribution in [0.5, 0.6) is 23.0 Å². The van der Waals surface area contributed by atoms with Crippen molar-refractivity contribution >= 4 is 0 Å². The molecule has 112 valence electrons. The average Bonchev–Trinajstić information content (AvgIpc) is 2.96. The Bertz CT molecular complexity index is 796. The summed E-state index contributed by atoms with van der Waals surface area (Å²) in [6.45, 7) is 2.06. The predicted molar refractivity (Wildman–Crippen MR) is 83.2 cm³/mol. The molecule has 3 rings (SSSR count). The van der Waals surface area contributed by atoms with Gasteiger partial charge in [0.05, 0.1) is 6.20 Å². The Labute approximate surface area is 127 Å². The van der Waals surface area contributed by atoms with Gasteiger partial charge < -0.3 is 14.9 Å². The number of ether oxygens (including phenoxy) is 1. The van der Waals surface area contributed by atoms with E-state index in [1.165, 1.54) is 12.1 Å². The maximum Gasteiger partial charge on any atom is 0.173 e. The van der Waals surface area contributed by atoms with E-state index in [9.17, 15) is 10.2 Å². The van der Waals surface area contributed by atoms with Gasteiger partial charge >= 0.3 is 0 Å². The van der Waals surface area contributed by atoms with Crippen LogP contribution in [0.1, 0.15) is 12.5 Å².